The van der Waals surface area contributed by atoms with E-state index in [0.717, 1.165) is 4.47 Å². The monoisotopic (exact) mass is 250 g/mol. The standard InChI is InChI=1S/C10H7BrN2O/c11-9-3-1-2-8(6-9)10(14)13-5-4-12-7-13/h1-7H. The molecule has 1 aromatic carbocycles. The number of carbonyl (C=O) groups excluding carboxylic acids is 1. The molecule has 1 aromatic heterocycles. The summed E-state index contributed by atoms with van der Waals surface area (Å²) in [5, 5.41) is 0. The van der Waals surface area contributed by atoms with E-state index in [2.05, 4.69) is 20.9 Å². The van der Waals surface area contributed by atoms with Crippen LogP contribution < -0.4 is 0 Å². The van der Waals surface area contributed by atoms with Crippen molar-refractivity contribution in [1.29, 1.82) is 0 Å². The summed E-state index contributed by atoms with van der Waals surface area (Å²) in [6, 6.07) is 7.26. The van der Waals surface area contributed by atoms with Gasteiger partial charge in [-0.15, -0.1) is 0 Å². The quantitative estimate of drug-likeness (QED) is 0.779. The maximum Gasteiger partial charge on any atom is 0.263 e. The molecule has 0 spiro atoms. The molecule has 4 heteroatoms. The van der Waals surface area contributed by atoms with E-state index in [1.54, 1.807) is 24.5 Å². The first-order chi connectivity index (χ1) is 6.77. The van der Waals surface area contributed by atoms with Crippen LogP contribution in [-0.4, -0.2) is 15.5 Å². The van der Waals surface area contributed by atoms with E-state index in [-0.39, 0.29) is 5.91 Å². The maximum absolute atomic E-state index is 11.8. The van der Waals surface area contributed by atoms with E-state index < -0.39 is 0 Å². The van der Waals surface area contributed by atoms with Gasteiger partial charge >= 0.3 is 0 Å². The minimum absolute atomic E-state index is 0.0798. The van der Waals surface area contributed by atoms with E-state index in [1.165, 1.54) is 10.9 Å². The van der Waals surface area contributed by atoms with Crippen LogP contribution in [0, 0.1) is 0 Å². The van der Waals surface area contributed by atoms with Crippen LogP contribution in [-0.2, 0) is 0 Å². The summed E-state index contributed by atoms with van der Waals surface area (Å²) in [5.74, 6) is -0.0798. The number of aromatic nitrogens is 2. The molecule has 0 radical (unpaired) electrons. The molecule has 0 aliphatic rings. The Labute approximate surface area is 89.5 Å². The van der Waals surface area contributed by atoms with Gasteiger partial charge in [-0.3, -0.25) is 9.36 Å². The second-order valence-corrected chi connectivity index (χ2v) is 3.70. The average Bonchev–Trinajstić information content (AvgIpc) is 2.69. The highest BCUT2D eigenvalue weighted by Gasteiger charge is 2.06. The Morgan fingerprint density at radius 1 is 1.43 bits per heavy atom. The molecule has 0 saturated heterocycles. The Morgan fingerprint density at radius 2 is 2.29 bits per heavy atom. The summed E-state index contributed by atoms with van der Waals surface area (Å²) < 4.78 is 2.34. The third-order valence-electron chi connectivity index (χ3n) is 1.81. The van der Waals surface area contributed by atoms with Crippen molar-refractivity contribution >= 4 is 21.8 Å². The molecule has 1 heterocycles. The lowest BCUT2D eigenvalue weighted by molar-refractivity contribution is 0.0959. The smallest absolute Gasteiger partial charge is 0.263 e. The summed E-state index contributed by atoms with van der Waals surface area (Å²) in [5.41, 5.74) is 0.636. The number of imidazole rings is 1. The molecule has 2 rings (SSSR count). The summed E-state index contributed by atoms with van der Waals surface area (Å²) in [6.07, 6.45) is 4.70. The van der Waals surface area contributed by atoms with E-state index in [4.69, 9.17) is 0 Å². The Balaban J connectivity index is 2.37. The normalized spacial score (nSPS) is 10.1. The van der Waals surface area contributed by atoms with Gasteiger partial charge in [0.1, 0.15) is 6.33 Å². The highest BCUT2D eigenvalue weighted by molar-refractivity contribution is 9.10. The molecule has 3 nitrogen and oxygen atoms in total. The average molecular weight is 251 g/mol. The largest absolute Gasteiger partial charge is 0.272 e. The Bertz CT molecular complexity index is 451. The van der Waals surface area contributed by atoms with Crippen LogP contribution in [0.3, 0.4) is 0 Å². The zero-order valence-electron chi connectivity index (χ0n) is 7.22. The zero-order valence-corrected chi connectivity index (χ0v) is 8.81. The predicted molar refractivity (Wildman–Crippen MR) is 56.1 cm³/mol. The first kappa shape index (κ1) is 9.15. The maximum atomic E-state index is 11.8. The molecule has 0 N–H and O–H groups in total. The fourth-order valence-corrected chi connectivity index (χ4v) is 1.55. The fraction of sp³-hybridized carbons (Fsp3) is 0. The lowest BCUT2D eigenvalue weighted by atomic mass is 10.2. The Kier molecular flexibility index (Phi) is 2.45. The third kappa shape index (κ3) is 1.75. The first-order valence-electron chi connectivity index (χ1n) is 4.05. The van der Waals surface area contributed by atoms with Crippen molar-refractivity contribution in [1.82, 2.24) is 9.55 Å². The number of nitrogens with zero attached hydrogens (tertiary/aromatic N) is 2. The fourth-order valence-electron chi connectivity index (χ4n) is 1.15. The van der Waals surface area contributed by atoms with Crippen molar-refractivity contribution in [3.63, 3.8) is 0 Å². The highest BCUT2D eigenvalue weighted by Crippen LogP contribution is 2.12. The SMILES string of the molecule is O=C(c1cccc(Br)c1)n1ccnc1. The minimum Gasteiger partial charge on any atom is -0.272 e. The molecule has 2 aromatic rings. The van der Waals surface area contributed by atoms with Gasteiger partial charge in [-0.1, -0.05) is 22.0 Å². The van der Waals surface area contributed by atoms with Crippen molar-refractivity contribution in [2.24, 2.45) is 0 Å². The van der Waals surface area contributed by atoms with Crippen molar-refractivity contribution in [3.8, 4) is 0 Å². The van der Waals surface area contributed by atoms with Crippen LogP contribution in [0.15, 0.2) is 47.5 Å². The van der Waals surface area contributed by atoms with Crippen LogP contribution >= 0.6 is 15.9 Å². The summed E-state index contributed by atoms with van der Waals surface area (Å²) in [7, 11) is 0. The van der Waals surface area contributed by atoms with Crippen molar-refractivity contribution in [3.05, 3.63) is 53.0 Å². The molecule has 0 bridgehead atoms. The molecule has 0 aliphatic carbocycles. The van der Waals surface area contributed by atoms with Gasteiger partial charge in [0.2, 0.25) is 0 Å². The van der Waals surface area contributed by atoms with Crippen LogP contribution in [0.2, 0.25) is 0 Å². The van der Waals surface area contributed by atoms with Gasteiger partial charge in [0.05, 0.1) is 0 Å². The minimum atomic E-state index is -0.0798. The van der Waals surface area contributed by atoms with Gasteiger partial charge in [-0.2, -0.15) is 0 Å². The molecule has 0 atom stereocenters. The highest BCUT2D eigenvalue weighted by atomic mass is 79.9. The van der Waals surface area contributed by atoms with Gasteiger partial charge in [0, 0.05) is 22.4 Å². The molecule has 0 saturated carbocycles. The molecule has 0 aliphatic heterocycles. The number of carbonyl (C=O) groups is 1. The Morgan fingerprint density at radius 3 is 2.93 bits per heavy atom. The Hall–Kier alpha value is -1.42. The van der Waals surface area contributed by atoms with Crippen molar-refractivity contribution in [2.45, 2.75) is 0 Å². The van der Waals surface area contributed by atoms with E-state index in [9.17, 15) is 4.79 Å². The van der Waals surface area contributed by atoms with Crippen LogP contribution in [0.1, 0.15) is 10.4 Å². The van der Waals surface area contributed by atoms with Gasteiger partial charge < -0.3 is 0 Å². The number of halogens is 1. The van der Waals surface area contributed by atoms with Gasteiger partial charge in [0.25, 0.3) is 5.91 Å². The third-order valence-corrected chi connectivity index (χ3v) is 2.30. The predicted octanol–water partition coefficient (Wildman–Crippen LogP) is 2.33. The molecular formula is C10H7BrN2O. The van der Waals surface area contributed by atoms with Crippen LogP contribution in [0.25, 0.3) is 0 Å². The lowest BCUT2D eigenvalue weighted by Crippen LogP contribution is -2.09. The lowest BCUT2D eigenvalue weighted by Gasteiger charge is -2.00. The van der Waals surface area contributed by atoms with Gasteiger partial charge in [-0.25, -0.2) is 4.98 Å². The molecule has 0 unspecified atom stereocenters. The first-order valence-corrected chi connectivity index (χ1v) is 4.85. The van der Waals surface area contributed by atoms with Crippen molar-refractivity contribution < 1.29 is 4.79 Å². The van der Waals surface area contributed by atoms with E-state index in [0.29, 0.717) is 5.56 Å². The van der Waals surface area contributed by atoms with E-state index >= 15 is 0 Å². The van der Waals surface area contributed by atoms with Gasteiger partial charge in [-0.05, 0) is 18.2 Å². The van der Waals surface area contributed by atoms with E-state index in [1.807, 2.05) is 12.1 Å². The zero-order chi connectivity index (χ0) is 9.97. The summed E-state index contributed by atoms with van der Waals surface area (Å²) >= 11 is 3.32. The topological polar surface area (TPSA) is 34.9 Å². The van der Waals surface area contributed by atoms with Gasteiger partial charge in [0.15, 0.2) is 0 Å². The molecular weight excluding hydrogens is 244 g/mol. The second kappa shape index (κ2) is 3.75. The number of rotatable bonds is 1. The number of benzene rings is 1. The summed E-state index contributed by atoms with van der Waals surface area (Å²) in [6.45, 7) is 0. The summed E-state index contributed by atoms with van der Waals surface area (Å²) in [4.78, 5) is 15.6. The molecule has 70 valence electrons. The molecule has 0 amide bonds. The number of hydrogen-bond donors (Lipinski definition) is 0. The molecule has 0 fully saturated rings. The van der Waals surface area contributed by atoms with Crippen LogP contribution in [0.4, 0.5) is 0 Å². The van der Waals surface area contributed by atoms with Crippen LogP contribution in [0.5, 0.6) is 0 Å². The number of hydrogen-bond acceptors (Lipinski definition) is 2. The second-order valence-electron chi connectivity index (χ2n) is 2.79. The molecule has 14 heavy (non-hydrogen) atoms. The van der Waals surface area contributed by atoms with Crippen molar-refractivity contribution in [2.75, 3.05) is 0 Å².